The molecule has 2 aromatic rings. The normalized spacial score (nSPS) is 16.2. The van der Waals surface area contributed by atoms with Gasteiger partial charge in [0.2, 0.25) is 5.91 Å². The Morgan fingerprint density at radius 3 is 2.66 bits per heavy atom. The van der Waals surface area contributed by atoms with Crippen LogP contribution in [-0.2, 0) is 4.79 Å². The molecule has 7 heteroatoms. The summed E-state index contributed by atoms with van der Waals surface area (Å²) in [6.07, 6.45) is 0.767. The molecule has 0 bridgehead atoms. The van der Waals surface area contributed by atoms with Crippen LogP contribution < -0.4 is 5.32 Å². The molecule has 0 aliphatic carbocycles. The third kappa shape index (κ3) is 5.34. The van der Waals surface area contributed by atoms with Crippen LogP contribution in [0, 0.1) is 12.7 Å². The Kier molecular flexibility index (Phi) is 6.87. The first-order chi connectivity index (χ1) is 13.8. The number of halogens is 2. The second kappa shape index (κ2) is 9.37. The molecule has 1 aliphatic heterocycles. The lowest BCUT2D eigenvalue weighted by Crippen LogP contribution is -2.44. The van der Waals surface area contributed by atoms with Gasteiger partial charge < -0.3 is 10.2 Å². The molecule has 1 heterocycles. The molecule has 1 N–H and O–H groups in total. The van der Waals surface area contributed by atoms with E-state index >= 15 is 0 Å². The summed E-state index contributed by atoms with van der Waals surface area (Å²) >= 11 is 6.00. The van der Waals surface area contributed by atoms with Crippen LogP contribution in [0.5, 0.6) is 0 Å². The van der Waals surface area contributed by atoms with Crippen molar-refractivity contribution in [1.29, 1.82) is 0 Å². The summed E-state index contributed by atoms with van der Waals surface area (Å²) in [5.74, 6) is -0.626. The van der Waals surface area contributed by atoms with Gasteiger partial charge in [0.05, 0.1) is 6.04 Å². The molecule has 154 valence electrons. The maximum atomic E-state index is 13.5. The second-order valence-corrected chi connectivity index (χ2v) is 7.75. The average Bonchev–Trinajstić information content (AvgIpc) is 2.95. The van der Waals surface area contributed by atoms with Gasteiger partial charge in [-0.1, -0.05) is 23.7 Å². The Hall–Kier alpha value is -2.44. The minimum absolute atomic E-state index is 0.0539. The van der Waals surface area contributed by atoms with E-state index in [2.05, 4.69) is 10.2 Å². The van der Waals surface area contributed by atoms with Crippen molar-refractivity contribution in [1.82, 2.24) is 9.80 Å². The summed E-state index contributed by atoms with van der Waals surface area (Å²) in [6.45, 7) is 6.10. The van der Waals surface area contributed by atoms with Crippen molar-refractivity contribution < 1.29 is 14.0 Å². The van der Waals surface area contributed by atoms with Crippen molar-refractivity contribution in [2.45, 2.75) is 26.3 Å². The number of nitrogens with one attached hydrogen (secondary N) is 1. The van der Waals surface area contributed by atoms with Crippen molar-refractivity contribution in [3.63, 3.8) is 0 Å². The maximum absolute atomic E-state index is 13.5. The van der Waals surface area contributed by atoms with Crippen molar-refractivity contribution >= 4 is 29.1 Å². The molecule has 29 heavy (non-hydrogen) atoms. The van der Waals surface area contributed by atoms with Crippen LogP contribution in [0.15, 0.2) is 42.5 Å². The zero-order valence-electron chi connectivity index (χ0n) is 16.6. The summed E-state index contributed by atoms with van der Waals surface area (Å²) < 4.78 is 13.5. The first-order valence-electron chi connectivity index (χ1n) is 9.71. The van der Waals surface area contributed by atoms with Crippen molar-refractivity contribution in [2.75, 3.05) is 31.5 Å². The first-order valence-corrected chi connectivity index (χ1v) is 10.1. The standard InChI is InChI=1S/C22H25ClFN3O2/c1-15-7-8-19(24)14-20(15)25-21(28)16(2)26-9-4-10-27(12-11-26)22(29)17-5-3-6-18(23)13-17/h3,5-8,13-14,16H,4,9-12H2,1-2H3,(H,25,28). The van der Waals surface area contributed by atoms with Crippen molar-refractivity contribution in [3.8, 4) is 0 Å². The van der Waals surface area contributed by atoms with E-state index in [0.717, 1.165) is 12.0 Å². The molecule has 1 fully saturated rings. The Morgan fingerprint density at radius 1 is 1.10 bits per heavy atom. The number of carbonyl (C=O) groups is 2. The van der Waals surface area contributed by atoms with Crippen LogP contribution in [0.1, 0.15) is 29.3 Å². The van der Waals surface area contributed by atoms with Gasteiger partial charge in [-0.05, 0) is 56.2 Å². The minimum Gasteiger partial charge on any atom is -0.337 e. The molecular formula is C22H25ClFN3O2. The Bertz CT molecular complexity index is 905. The Morgan fingerprint density at radius 2 is 1.90 bits per heavy atom. The first kappa shape index (κ1) is 21.3. The lowest BCUT2D eigenvalue weighted by molar-refractivity contribution is -0.120. The van der Waals surface area contributed by atoms with E-state index in [4.69, 9.17) is 11.6 Å². The third-order valence-corrected chi connectivity index (χ3v) is 5.51. The van der Waals surface area contributed by atoms with Crippen LogP contribution in [0.3, 0.4) is 0 Å². The van der Waals surface area contributed by atoms with Gasteiger partial charge in [-0.3, -0.25) is 14.5 Å². The molecule has 0 spiro atoms. The van der Waals surface area contributed by atoms with Gasteiger partial charge in [-0.25, -0.2) is 4.39 Å². The van der Waals surface area contributed by atoms with E-state index in [1.807, 2.05) is 13.8 Å². The lowest BCUT2D eigenvalue weighted by atomic mass is 10.1. The summed E-state index contributed by atoms with van der Waals surface area (Å²) in [7, 11) is 0. The summed E-state index contributed by atoms with van der Waals surface area (Å²) in [5, 5.41) is 3.35. The smallest absolute Gasteiger partial charge is 0.253 e. The highest BCUT2D eigenvalue weighted by molar-refractivity contribution is 6.30. The minimum atomic E-state index is -0.390. The van der Waals surface area contributed by atoms with Crippen molar-refractivity contribution in [3.05, 3.63) is 64.4 Å². The van der Waals surface area contributed by atoms with Crippen molar-refractivity contribution in [2.24, 2.45) is 0 Å². The number of hydrogen-bond donors (Lipinski definition) is 1. The van der Waals surface area contributed by atoms with E-state index in [-0.39, 0.29) is 23.7 Å². The highest BCUT2D eigenvalue weighted by Crippen LogP contribution is 2.18. The van der Waals surface area contributed by atoms with Crippen LogP contribution >= 0.6 is 11.6 Å². The average molecular weight is 418 g/mol. The molecule has 5 nitrogen and oxygen atoms in total. The monoisotopic (exact) mass is 417 g/mol. The number of aryl methyl sites for hydroxylation is 1. The van der Waals surface area contributed by atoms with Gasteiger partial charge in [0.1, 0.15) is 5.82 Å². The number of carbonyl (C=O) groups excluding carboxylic acids is 2. The molecular weight excluding hydrogens is 393 g/mol. The number of amides is 2. The number of benzene rings is 2. The molecule has 0 radical (unpaired) electrons. The van der Waals surface area contributed by atoms with Gasteiger partial charge >= 0.3 is 0 Å². The van der Waals surface area contributed by atoms with Crippen LogP contribution in [0.4, 0.5) is 10.1 Å². The molecule has 1 aliphatic rings. The van der Waals surface area contributed by atoms with Crippen LogP contribution in [0.25, 0.3) is 0 Å². The predicted molar refractivity (Wildman–Crippen MR) is 113 cm³/mol. The molecule has 2 amide bonds. The van der Waals surface area contributed by atoms with E-state index < -0.39 is 0 Å². The van der Waals surface area contributed by atoms with Crippen LogP contribution in [0.2, 0.25) is 5.02 Å². The molecule has 0 aromatic heterocycles. The zero-order chi connectivity index (χ0) is 21.0. The summed E-state index contributed by atoms with van der Waals surface area (Å²) in [4.78, 5) is 29.3. The SMILES string of the molecule is Cc1ccc(F)cc1NC(=O)C(C)N1CCCN(C(=O)c2cccc(Cl)c2)CC1. The number of nitrogens with zero attached hydrogens (tertiary/aromatic N) is 2. The quantitative estimate of drug-likeness (QED) is 0.819. The van der Waals surface area contributed by atoms with Gasteiger partial charge in [0, 0.05) is 42.5 Å². The summed E-state index contributed by atoms with van der Waals surface area (Å²) in [5.41, 5.74) is 1.86. The third-order valence-electron chi connectivity index (χ3n) is 5.27. The predicted octanol–water partition coefficient (Wildman–Crippen LogP) is 3.96. The fourth-order valence-electron chi connectivity index (χ4n) is 3.46. The molecule has 3 rings (SSSR count). The molecule has 1 atom stereocenters. The molecule has 1 unspecified atom stereocenters. The van der Waals surface area contributed by atoms with Crippen LogP contribution in [-0.4, -0.2) is 53.8 Å². The highest BCUT2D eigenvalue weighted by atomic mass is 35.5. The van der Waals surface area contributed by atoms with E-state index in [1.54, 1.807) is 35.2 Å². The molecule has 2 aromatic carbocycles. The van der Waals surface area contributed by atoms with E-state index in [1.165, 1.54) is 12.1 Å². The molecule has 1 saturated heterocycles. The number of hydrogen-bond acceptors (Lipinski definition) is 3. The van der Waals surface area contributed by atoms with Gasteiger partial charge in [-0.2, -0.15) is 0 Å². The maximum Gasteiger partial charge on any atom is 0.253 e. The van der Waals surface area contributed by atoms with Gasteiger partial charge in [0.25, 0.3) is 5.91 Å². The number of anilines is 1. The summed E-state index contributed by atoms with van der Waals surface area (Å²) in [6, 6.07) is 10.9. The van der Waals surface area contributed by atoms with Gasteiger partial charge in [-0.15, -0.1) is 0 Å². The van der Waals surface area contributed by atoms with E-state index in [0.29, 0.717) is 42.5 Å². The van der Waals surface area contributed by atoms with Gasteiger partial charge in [0.15, 0.2) is 0 Å². The number of rotatable bonds is 4. The van der Waals surface area contributed by atoms with E-state index in [9.17, 15) is 14.0 Å². The Labute approximate surface area is 175 Å². The lowest BCUT2D eigenvalue weighted by Gasteiger charge is -2.27. The second-order valence-electron chi connectivity index (χ2n) is 7.32. The highest BCUT2D eigenvalue weighted by Gasteiger charge is 2.26. The zero-order valence-corrected chi connectivity index (χ0v) is 17.4. The topological polar surface area (TPSA) is 52.7 Å². The fourth-order valence-corrected chi connectivity index (χ4v) is 3.65. The largest absolute Gasteiger partial charge is 0.337 e. The fraction of sp³-hybridized carbons (Fsp3) is 0.364. The Balaban J connectivity index is 1.61. The molecule has 0 saturated carbocycles.